The molecular weight excluding hydrogens is 378 g/mol. The molecule has 0 saturated heterocycles. The van der Waals surface area contributed by atoms with Gasteiger partial charge in [0.15, 0.2) is 11.7 Å². The molecule has 0 spiro atoms. The third kappa shape index (κ3) is 7.24. The summed E-state index contributed by atoms with van der Waals surface area (Å²) in [6.45, 7) is 5.54. The normalized spacial score (nSPS) is 10.1. The molecule has 0 radical (unpaired) electrons. The summed E-state index contributed by atoms with van der Waals surface area (Å²) in [5.74, 6) is 0.319. The minimum atomic E-state index is -0.439. The van der Waals surface area contributed by atoms with E-state index in [0.29, 0.717) is 17.1 Å². The first kappa shape index (κ1) is 21.2. The molecule has 0 aliphatic carbocycles. The maximum atomic E-state index is 12.2. The Bertz CT molecular complexity index is 855. The zero-order valence-electron chi connectivity index (χ0n) is 15.9. The molecule has 0 bridgehead atoms. The van der Waals surface area contributed by atoms with Crippen molar-refractivity contribution < 1.29 is 19.1 Å². The molecular formula is C20H23N3O4S. The summed E-state index contributed by atoms with van der Waals surface area (Å²) in [5.41, 5.74) is 6.25. The van der Waals surface area contributed by atoms with E-state index in [4.69, 9.17) is 21.7 Å². The fourth-order valence-corrected chi connectivity index (χ4v) is 2.35. The Kier molecular flexibility index (Phi) is 7.76. The molecule has 148 valence electrons. The molecule has 0 aliphatic rings. The number of carbonyl (C=O) groups excluding carboxylic acids is 2. The maximum Gasteiger partial charge on any atom is 0.276 e. The van der Waals surface area contributed by atoms with E-state index < -0.39 is 11.8 Å². The quantitative estimate of drug-likeness (QED) is 0.509. The van der Waals surface area contributed by atoms with Crippen molar-refractivity contribution in [1.82, 2.24) is 16.2 Å². The van der Waals surface area contributed by atoms with Crippen molar-refractivity contribution in [3.63, 3.8) is 0 Å². The molecule has 0 aromatic heterocycles. The Hall–Kier alpha value is -3.13. The molecule has 0 unspecified atom stereocenters. The van der Waals surface area contributed by atoms with Gasteiger partial charge in [0.1, 0.15) is 11.5 Å². The summed E-state index contributed by atoms with van der Waals surface area (Å²) in [6.07, 6.45) is -0.00159. The average Bonchev–Trinajstić information content (AvgIpc) is 2.64. The molecule has 3 N–H and O–H groups in total. The molecule has 0 atom stereocenters. The average molecular weight is 401 g/mol. The first-order chi connectivity index (χ1) is 13.3. The number of thiocarbonyl (C=S) groups is 1. The summed E-state index contributed by atoms with van der Waals surface area (Å²) in [4.78, 5) is 24.1. The van der Waals surface area contributed by atoms with Crippen molar-refractivity contribution in [3.8, 4) is 11.5 Å². The first-order valence-electron chi connectivity index (χ1n) is 8.70. The van der Waals surface area contributed by atoms with Gasteiger partial charge in [-0.1, -0.05) is 18.2 Å². The van der Waals surface area contributed by atoms with Gasteiger partial charge in [0.2, 0.25) is 0 Å². The number of hydrogen-bond donors (Lipinski definition) is 3. The number of nitrogens with one attached hydrogen (secondary N) is 3. The SMILES string of the molecule is Cc1cccc(OCC(=O)NNC(=S)NC(=O)c2cccc(OC(C)C)c2)c1. The molecule has 7 nitrogen and oxygen atoms in total. The second kappa shape index (κ2) is 10.3. The Labute approximate surface area is 169 Å². The predicted octanol–water partition coefficient (Wildman–Crippen LogP) is 2.50. The summed E-state index contributed by atoms with van der Waals surface area (Å²) in [7, 11) is 0. The summed E-state index contributed by atoms with van der Waals surface area (Å²) in [6, 6.07) is 14.1. The van der Waals surface area contributed by atoms with E-state index >= 15 is 0 Å². The van der Waals surface area contributed by atoms with Crippen LogP contribution in [0.1, 0.15) is 29.8 Å². The molecule has 2 amide bonds. The fourth-order valence-electron chi connectivity index (χ4n) is 2.21. The second-order valence-electron chi connectivity index (χ2n) is 6.26. The van der Waals surface area contributed by atoms with Crippen LogP contribution in [0.2, 0.25) is 0 Å². The van der Waals surface area contributed by atoms with E-state index in [1.165, 1.54) is 0 Å². The van der Waals surface area contributed by atoms with Crippen molar-refractivity contribution in [2.75, 3.05) is 6.61 Å². The van der Waals surface area contributed by atoms with E-state index in [-0.39, 0.29) is 17.8 Å². The van der Waals surface area contributed by atoms with Gasteiger partial charge in [0.25, 0.3) is 11.8 Å². The number of amides is 2. The van der Waals surface area contributed by atoms with Gasteiger partial charge < -0.3 is 9.47 Å². The highest BCUT2D eigenvalue weighted by molar-refractivity contribution is 7.80. The Morgan fingerprint density at radius 1 is 1.04 bits per heavy atom. The number of hydrazine groups is 1. The predicted molar refractivity (Wildman–Crippen MR) is 110 cm³/mol. The molecule has 0 aliphatic heterocycles. The van der Waals surface area contributed by atoms with Gasteiger partial charge in [-0.3, -0.25) is 25.8 Å². The Morgan fingerprint density at radius 2 is 1.75 bits per heavy atom. The molecule has 2 aromatic rings. The number of carbonyl (C=O) groups is 2. The van der Waals surface area contributed by atoms with Crippen LogP contribution in [0.15, 0.2) is 48.5 Å². The summed E-state index contributed by atoms with van der Waals surface area (Å²) >= 11 is 5.02. The summed E-state index contributed by atoms with van der Waals surface area (Å²) < 4.78 is 10.9. The zero-order valence-corrected chi connectivity index (χ0v) is 16.8. The van der Waals surface area contributed by atoms with Crippen LogP contribution in [0.4, 0.5) is 0 Å². The van der Waals surface area contributed by atoms with Crippen LogP contribution in [0.5, 0.6) is 11.5 Å². The van der Waals surface area contributed by atoms with Crippen molar-refractivity contribution in [2.45, 2.75) is 26.9 Å². The van der Waals surface area contributed by atoms with Crippen LogP contribution in [0.3, 0.4) is 0 Å². The number of rotatable bonds is 6. The lowest BCUT2D eigenvalue weighted by molar-refractivity contribution is -0.123. The van der Waals surface area contributed by atoms with E-state index in [9.17, 15) is 9.59 Å². The lowest BCUT2D eigenvalue weighted by atomic mass is 10.2. The van der Waals surface area contributed by atoms with E-state index in [1.54, 1.807) is 30.3 Å². The molecule has 2 aromatic carbocycles. The van der Waals surface area contributed by atoms with Crippen LogP contribution in [0, 0.1) is 6.92 Å². The van der Waals surface area contributed by atoms with E-state index in [2.05, 4.69) is 16.2 Å². The van der Waals surface area contributed by atoms with Crippen molar-refractivity contribution in [2.24, 2.45) is 0 Å². The lowest BCUT2D eigenvalue weighted by Gasteiger charge is -2.13. The first-order valence-corrected chi connectivity index (χ1v) is 9.10. The van der Waals surface area contributed by atoms with Crippen LogP contribution in [0.25, 0.3) is 0 Å². The number of benzene rings is 2. The highest BCUT2D eigenvalue weighted by Gasteiger charge is 2.10. The van der Waals surface area contributed by atoms with Gasteiger partial charge in [0, 0.05) is 5.56 Å². The number of aryl methyl sites for hydroxylation is 1. The van der Waals surface area contributed by atoms with Gasteiger partial charge in [0.05, 0.1) is 6.10 Å². The van der Waals surface area contributed by atoms with Gasteiger partial charge in [-0.05, 0) is 68.9 Å². The Morgan fingerprint density at radius 3 is 2.46 bits per heavy atom. The van der Waals surface area contributed by atoms with Gasteiger partial charge in [-0.15, -0.1) is 0 Å². The van der Waals surface area contributed by atoms with Crippen molar-refractivity contribution in [1.29, 1.82) is 0 Å². The second-order valence-corrected chi connectivity index (χ2v) is 6.66. The molecule has 8 heteroatoms. The smallest absolute Gasteiger partial charge is 0.276 e. The molecule has 0 fully saturated rings. The minimum Gasteiger partial charge on any atom is -0.491 e. The maximum absolute atomic E-state index is 12.2. The molecule has 0 heterocycles. The van der Waals surface area contributed by atoms with Crippen LogP contribution in [-0.4, -0.2) is 29.6 Å². The number of hydrogen-bond acceptors (Lipinski definition) is 5. The van der Waals surface area contributed by atoms with Crippen molar-refractivity contribution in [3.05, 3.63) is 59.7 Å². The van der Waals surface area contributed by atoms with Crippen molar-refractivity contribution >= 4 is 29.1 Å². The highest BCUT2D eigenvalue weighted by atomic mass is 32.1. The molecule has 2 rings (SSSR count). The molecule has 28 heavy (non-hydrogen) atoms. The highest BCUT2D eigenvalue weighted by Crippen LogP contribution is 2.15. The monoisotopic (exact) mass is 401 g/mol. The summed E-state index contributed by atoms with van der Waals surface area (Å²) in [5, 5.41) is 2.45. The van der Waals surface area contributed by atoms with E-state index in [0.717, 1.165) is 5.56 Å². The van der Waals surface area contributed by atoms with Gasteiger partial charge >= 0.3 is 0 Å². The standard InChI is InChI=1S/C20H23N3O4S/c1-13(2)27-17-9-5-7-15(11-17)19(25)21-20(28)23-22-18(24)12-26-16-8-4-6-14(3)10-16/h4-11,13H,12H2,1-3H3,(H,22,24)(H2,21,23,25,28). The van der Waals surface area contributed by atoms with Crippen LogP contribution >= 0.6 is 12.2 Å². The minimum absolute atomic E-state index is 0.00159. The van der Waals surface area contributed by atoms with Gasteiger partial charge in [-0.2, -0.15) is 0 Å². The van der Waals surface area contributed by atoms with Gasteiger partial charge in [-0.25, -0.2) is 0 Å². The largest absolute Gasteiger partial charge is 0.491 e. The number of ether oxygens (including phenoxy) is 2. The fraction of sp³-hybridized carbons (Fsp3) is 0.250. The third-order valence-electron chi connectivity index (χ3n) is 3.37. The third-order valence-corrected chi connectivity index (χ3v) is 3.57. The zero-order chi connectivity index (χ0) is 20.5. The van der Waals surface area contributed by atoms with E-state index in [1.807, 2.05) is 39.0 Å². The van der Waals surface area contributed by atoms with Crippen LogP contribution < -0.4 is 25.6 Å². The molecule has 0 saturated carbocycles. The lowest BCUT2D eigenvalue weighted by Crippen LogP contribution is -2.49. The van der Waals surface area contributed by atoms with Crippen LogP contribution in [-0.2, 0) is 4.79 Å². The topological polar surface area (TPSA) is 88.7 Å². The Balaban J connectivity index is 1.77.